The molecular formula is C11H12FNO5S. The van der Waals surface area contributed by atoms with Crippen molar-refractivity contribution < 1.29 is 24.0 Å². The summed E-state index contributed by atoms with van der Waals surface area (Å²) in [6.07, 6.45) is 0.667. The summed E-state index contributed by atoms with van der Waals surface area (Å²) in [5.41, 5.74) is -1.26. The SMILES string of the molecule is COCCCSc1cc(C(=O)O)c([N+](=O)[O-])cc1F. The van der Waals surface area contributed by atoms with Gasteiger partial charge in [-0.3, -0.25) is 10.1 Å². The number of carbonyl (C=O) groups is 1. The Hall–Kier alpha value is -1.67. The number of nitrogens with zero attached hydrogens (tertiary/aromatic N) is 1. The highest BCUT2D eigenvalue weighted by molar-refractivity contribution is 7.99. The van der Waals surface area contributed by atoms with Gasteiger partial charge in [0.2, 0.25) is 0 Å². The van der Waals surface area contributed by atoms with E-state index in [1.165, 1.54) is 0 Å². The summed E-state index contributed by atoms with van der Waals surface area (Å²) in [6.45, 7) is 0.507. The van der Waals surface area contributed by atoms with Gasteiger partial charge >= 0.3 is 5.97 Å². The molecule has 0 fully saturated rings. The number of aromatic carboxylic acids is 1. The Morgan fingerprint density at radius 3 is 2.79 bits per heavy atom. The van der Waals surface area contributed by atoms with Gasteiger partial charge in [0.05, 0.1) is 11.0 Å². The van der Waals surface area contributed by atoms with Gasteiger partial charge in [0.1, 0.15) is 11.4 Å². The highest BCUT2D eigenvalue weighted by atomic mass is 32.2. The molecular weight excluding hydrogens is 277 g/mol. The third-order valence-electron chi connectivity index (χ3n) is 2.23. The van der Waals surface area contributed by atoms with Crippen molar-refractivity contribution in [2.75, 3.05) is 19.5 Å². The van der Waals surface area contributed by atoms with Gasteiger partial charge in [-0.15, -0.1) is 11.8 Å². The molecule has 0 spiro atoms. The first-order valence-electron chi connectivity index (χ1n) is 5.30. The number of nitro groups is 1. The van der Waals surface area contributed by atoms with Gasteiger partial charge in [-0.2, -0.15) is 0 Å². The van der Waals surface area contributed by atoms with Crippen molar-refractivity contribution in [1.82, 2.24) is 0 Å². The molecule has 0 aliphatic carbocycles. The third-order valence-corrected chi connectivity index (χ3v) is 3.34. The Morgan fingerprint density at radius 1 is 1.58 bits per heavy atom. The van der Waals surface area contributed by atoms with Crippen LogP contribution in [-0.4, -0.2) is 35.5 Å². The summed E-state index contributed by atoms with van der Waals surface area (Å²) in [5, 5.41) is 19.5. The summed E-state index contributed by atoms with van der Waals surface area (Å²) in [4.78, 5) is 20.7. The second-order valence-electron chi connectivity index (χ2n) is 3.56. The Kier molecular flexibility index (Phi) is 5.71. The van der Waals surface area contributed by atoms with Crippen LogP contribution in [0, 0.1) is 15.9 Å². The average Bonchev–Trinajstić information content (AvgIpc) is 2.35. The Labute approximate surface area is 112 Å². The summed E-state index contributed by atoms with van der Waals surface area (Å²) in [7, 11) is 1.54. The molecule has 0 saturated carbocycles. The van der Waals surface area contributed by atoms with Crippen molar-refractivity contribution >= 4 is 23.4 Å². The zero-order valence-electron chi connectivity index (χ0n) is 10.1. The smallest absolute Gasteiger partial charge is 0.342 e. The van der Waals surface area contributed by atoms with Gasteiger partial charge in [-0.05, 0) is 12.5 Å². The molecule has 0 heterocycles. The van der Waals surface area contributed by atoms with E-state index >= 15 is 0 Å². The molecule has 0 saturated heterocycles. The predicted molar refractivity (Wildman–Crippen MR) is 67.2 cm³/mol. The predicted octanol–water partition coefficient (Wildman–Crippen LogP) is 2.56. The van der Waals surface area contributed by atoms with E-state index in [1.54, 1.807) is 7.11 Å². The van der Waals surface area contributed by atoms with Gasteiger partial charge in [0.15, 0.2) is 0 Å². The molecule has 8 heteroatoms. The van der Waals surface area contributed by atoms with Crippen LogP contribution in [0.1, 0.15) is 16.8 Å². The maximum absolute atomic E-state index is 13.6. The van der Waals surface area contributed by atoms with Crippen molar-refractivity contribution in [3.8, 4) is 0 Å². The minimum absolute atomic E-state index is 0.0825. The van der Waals surface area contributed by atoms with Gasteiger partial charge in [-0.25, -0.2) is 9.18 Å². The van der Waals surface area contributed by atoms with E-state index in [9.17, 15) is 19.3 Å². The number of hydrogen-bond donors (Lipinski definition) is 1. The van der Waals surface area contributed by atoms with E-state index < -0.39 is 28.0 Å². The van der Waals surface area contributed by atoms with E-state index in [2.05, 4.69) is 0 Å². The van der Waals surface area contributed by atoms with Crippen LogP contribution in [0.2, 0.25) is 0 Å². The van der Waals surface area contributed by atoms with E-state index in [1.807, 2.05) is 0 Å². The summed E-state index contributed by atoms with van der Waals surface area (Å²) in [6, 6.07) is 1.63. The number of hydrogen-bond acceptors (Lipinski definition) is 5. The average molecular weight is 289 g/mol. The van der Waals surface area contributed by atoms with Crippen LogP contribution in [0.5, 0.6) is 0 Å². The molecule has 6 nitrogen and oxygen atoms in total. The van der Waals surface area contributed by atoms with Crippen LogP contribution in [0.25, 0.3) is 0 Å². The Balaban J connectivity index is 2.97. The van der Waals surface area contributed by atoms with Crippen LogP contribution >= 0.6 is 11.8 Å². The van der Waals surface area contributed by atoms with Crippen molar-refractivity contribution in [3.05, 3.63) is 33.6 Å². The number of methoxy groups -OCH3 is 1. The lowest BCUT2D eigenvalue weighted by Crippen LogP contribution is -2.04. The fraction of sp³-hybridized carbons (Fsp3) is 0.364. The van der Waals surface area contributed by atoms with Crippen LogP contribution in [0.15, 0.2) is 17.0 Å². The molecule has 19 heavy (non-hydrogen) atoms. The van der Waals surface area contributed by atoms with Crippen LogP contribution in [-0.2, 0) is 4.74 Å². The number of thioether (sulfide) groups is 1. The molecule has 1 aromatic rings. The molecule has 0 radical (unpaired) electrons. The van der Waals surface area contributed by atoms with E-state index in [0.717, 1.165) is 17.8 Å². The molecule has 1 aromatic carbocycles. The molecule has 0 aliphatic heterocycles. The second-order valence-corrected chi connectivity index (χ2v) is 4.69. The molecule has 1 N–H and O–H groups in total. The number of ether oxygens (including phenoxy) is 1. The van der Waals surface area contributed by atoms with E-state index in [-0.39, 0.29) is 4.90 Å². The first kappa shape index (κ1) is 15.4. The van der Waals surface area contributed by atoms with Gasteiger partial charge in [0.25, 0.3) is 5.69 Å². The van der Waals surface area contributed by atoms with Crippen LogP contribution in [0.3, 0.4) is 0 Å². The molecule has 1 rings (SSSR count). The summed E-state index contributed by atoms with van der Waals surface area (Å²) in [5.74, 6) is -1.72. The first-order chi connectivity index (χ1) is 8.97. The second kappa shape index (κ2) is 7.05. The maximum atomic E-state index is 13.6. The minimum atomic E-state index is -1.45. The fourth-order valence-corrected chi connectivity index (χ4v) is 2.24. The monoisotopic (exact) mass is 289 g/mol. The molecule has 0 amide bonds. The fourth-order valence-electron chi connectivity index (χ4n) is 1.36. The lowest BCUT2D eigenvalue weighted by Gasteiger charge is -2.05. The lowest BCUT2D eigenvalue weighted by atomic mass is 10.2. The van der Waals surface area contributed by atoms with Crippen molar-refractivity contribution in [2.24, 2.45) is 0 Å². The van der Waals surface area contributed by atoms with Crippen molar-refractivity contribution in [3.63, 3.8) is 0 Å². The number of benzene rings is 1. The van der Waals surface area contributed by atoms with Gasteiger partial charge in [-0.1, -0.05) is 0 Å². The highest BCUT2D eigenvalue weighted by Crippen LogP contribution is 2.29. The number of halogens is 1. The van der Waals surface area contributed by atoms with Gasteiger partial charge in [0, 0.05) is 24.4 Å². The maximum Gasteiger partial charge on any atom is 0.342 e. The normalized spacial score (nSPS) is 10.4. The Morgan fingerprint density at radius 2 is 2.26 bits per heavy atom. The van der Waals surface area contributed by atoms with E-state index in [4.69, 9.17) is 9.84 Å². The van der Waals surface area contributed by atoms with Crippen molar-refractivity contribution in [1.29, 1.82) is 0 Å². The molecule has 0 atom stereocenters. The third kappa shape index (κ3) is 4.18. The number of rotatable bonds is 7. The molecule has 0 aliphatic rings. The van der Waals surface area contributed by atoms with Crippen LogP contribution in [0.4, 0.5) is 10.1 Å². The number of carboxylic acid groups (broad SMARTS) is 1. The largest absolute Gasteiger partial charge is 0.477 e. The van der Waals surface area contributed by atoms with Gasteiger partial charge < -0.3 is 9.84 Å². The first-order valence-corrected chi connectivity index (χ1v) is 6.29. The molecule has 0 unspecified atom stereocenters. The van der Waals surface area contributed by atoms with Crippen LogP contribution < -0.4 is 0 Å². The topological polar surface area (TPSA) is 89.7 Å². The standard InChI is InChI=1S/C11H12FNO5S/c1-18-3-2-4-19-10-5-7(11(14)15)9(13(16)17)6-8(10)12/h5-6H,2-4H2,1H3,(H,14,15). The zero-order valence-corrected chi connectivity index (χ0v) is 10.9. The molecule has 104 valence electrons. The zero-order chi connectivity index (χ0) is 14.4. The van der Waals surface area contributed by atoms with E-state index in [0.29, 0.717) is 24.8 Å². The summed E-state index contributed by atoms with van der Waals surface area (Å²) < 4.78 is 18.4. The molecule has 0 aromatic heterocycles. The minimum Gasteiger partial charge on any atom is -0.477 e. The van der Waals surface area contributed by atoms with Crippen molar-refractivity contribution in [2.45, 2.75) is 11.3 Å². The highest BCUT2D eigenvalue weighted by Gasteiger charge is 2.23. The number of carboxylic acids is 1. The molecule has 0 bridgehead atoms. The number of nitro benzene ring substituents is 1. The Bertz CT molecular complexity index is 494. The summed E-state index contributed by atoms with van der Waals surface area (Å²) >= 11 is 1.10. The quantitative estimate of drug-likeness (QED) is 0.359. The lowest BCUT2D eigenvalue weighted by molar-refractivity contribution is -0.385.